The normalized spacial score (nSPS) is 10.6. The Balaban J connectivity index is 0.000000209. The lowest BCUT2D eigenvalue weighted by Gasteiger charge is -2.04. The zero-order valence-corrected chi connectivity index (χ0v) is 26.5. The molecule has 6 rings (SSSR count). The summed E-state index contributed by atoms with van der Waals surface area (Å²) in [4.78, 5) is 31.5. The lowest BCUT2D eigenvalue weighted by molar-refractivity contribution is 0.0522. The summed E-state index contributed by atoms with van der Waals surface area (Å²) in [5.74, 6) is -1.18. The Kier molecular flexibility index (Phi) is 11.4. The fourth-order valence-electron chi connectivity index (χ4n) is 4.65. The van der Waals surface area contributed by atoms with E-state index >= 15 is 0 Å². The van der Waals surface area contributed by atoms with E-state index in [4.69, 9.17) is 42.5 Å². The highest BCUT2D eigenvalue weighted by atomic mass is 35.5. The minimum atomic E-state index is -1.07. The smallest absolute Gasteiger partial charge is 0.345 e. The first-order chi connectivity index (χ1) is 22.2. The molecule has 4 aromatic heterocycles. The quantitative estimate of drug-likeness (QED) is 0.162. The van der Waals surface area contributed by atoms with Gasteiger partial charge in [-0.3, -0.25) is 19.3 Å². The van der Waals surface area contributed by atoms with Gasteiger partial charge >= 0.3 is 11.9 Å². The number of esters is 1. The molecule has 0 aliphatic rings. The SMILES string of the molecule is C.CCOC(=O)c1cn(Cc2ccc3ncc(Cl)cc3c2)nc1OC.COc1nn(Cc2ccc3ncc(Cl)cc3c2)cc1C(=O)O. The predicted molar refractivity (Wildman–Crippen MR) is 179 cm³/mol. The molecule has 0 saturated carbocycles. The molecule has 0 spiro atoms. The summed E-state index contributed by atoms with van der Waals surface area (Å²) in [6.07, 6.45) is 6.29. The van der Waals surface area contributed by atoms with Crippen LogP contribution in [0.15, 0.2) is 73.3 Å². The number of halogens is 2. The second-order valence-electron chi connectivity index (χ2n) is 9.89. The van der Waals surface area contributed by atoms with E-state index in [0.29, 0.717) is 35.3 Å². The van der Waals surface area contributed by atoms with E-state index in [2.05, 4.69) is 20.2 Å². The number of carboxylic acids is 1. The third-order valence-electron chi connectivity index (χ3n) is 6.68. The Morgan fingerprint density at radius 3 is 1.66 bits per heavy atom. The predicted octanol–water partition coefficient (Wildman–Crippen LogP) is 6.79. The number of nitrogens with zero attached hydrogens (tertiary/aromatic N) is 6. The van der Waals surface area contributed by atoms with Crippen molar-refractivity contribution >= 4 is 56.9 Å². The Labute approximate surface area is 280 Å². The van der Waals surface area contributed by atoms with Gasteiger partial charge in [0.2, 0.25) is 11.8 Å². The molecule has 2 aromatic carbocycles. The van der Waals surface area contributed by atoms with Crippen LogP contribution in [0, 0.1) is 0 Å². The summed E-state index contributed by atoms with van der Waals surface area (Å²) < 4.78 is 18.3. The number of carbonyl (C=O) groups excluding carboxylic acids is 1. The van der Waals surface area contributed by atoms with Crippen LogP contribution < -0.4 is 9.47 Å². The molecule has 4 heterocycles. The van der Waals surface area contributed by atoms with Gasteiger partial charge in [-0.25, -0.2) is 9.59 Å². The molecule has 0 saturated heterocycles. The fourth-order valence-corrected chi connectivity index (χ4v) is 4.98. The van der Waals surface area contributed by atoms with Crippen molar-refractivity contribution in [2.75, 3.05) is 20.8 Å². The summed E-state index contributed by atoms with van der Waals surface area (Å²) in [5, 5.41) is 20.5. The number of aromatic nitrogens is 6. The van der Waals surface area contributed by atoms with Crippen LogP contribution in [0.3, 0.4) is 0 Å². The van der Waals surface area contributed by atoms with E-state index in [1.165, 1.54) is 25.1 Å². The first-order valence-corrected chi connectivity index (χ1v) is 14.6. The number of benzene rings is 2. The number of methoxy groups -OCH3 is 2. The molecule has 0 bridgehead atoms. The van der Waals surface area contributed by atoms with Crippen LogP contribution in [0.4, 0.5) is 0 Å². The highest BCUT2D eigenvalue weighted by Crippen LogP contribution is 2.22. The number of hydrogen-bond donors (Lipinski definition) is 1. The van der Waals surface area contributed by atoms with Crippen LogP contribution in [0.25, 0.3) is 21.8 Å². The van der Waals surface area contributed by atoms with Gasteiger partial charge in [0, 0.05) is 35.6 Å². The number of ether oxygens (including phenoxy) is 3. The highest BCUT2D eigenvalue weighted by molar-refractivity contribution is 6.31. The molecular formula is C33H32Cl2N6O6. The van der Waals surface area contributed by atoms with E-state index in [-0.39, 0.29) is 24.8 Å². The van der Waals surface area contributed by atoms with Crippen LogP contribution in [0.2, 0.25) is 10.0 Å². The largest absolute Gasteiger partial charge is 0.479 e. The maximum Gasteiger partial charge on any atom is 0.345 e. The van der Waals surface area contributed by atoms with Gasteiger partial charge in [-0.2, -0.15) is 0 Å². The fraction of sp³-hybridized carbons (Fsp3) is 0.212. The average molecular weight is 680 g/mol. The average Bonchev–Trinajstić information content (AvgIpc) is 3.65. The summed E-state index contributed by atoms with van der Waals surface area (Å²) in [6, 6.07) is 15.3. The maximum atomic E-state index is 11.9. The molecule has 1 N–H and O–H groups in total. The number of fused-ring (bicyclic) bond motifs is 2. The van der Waals surface area contributed by atoms with Gasteiger partial charge in [-0.05, 0) is 54.4 Å². The molecular weight excluding hydrogens is 647 g/mol. The Morgan fingerprint density at radius 1 is 0.766 bits per heavy atom. The van der Waals surface area contributed by atoms with Gasteiger partial charge in [0.05, 0.1) is 55.0 Å². The zero-order valence-electron chi connectivity index (χ0n) is 25.0. The van der Waals surface area contributed by atoms with Crippen molar-refractivity contribution in [2.24, 2.45) is 0 Å². The molecule has 0 aliphatic carbocycles. The standard InChI is InChI=1S/C17H16ClN3O3.C15H12ClN3O3.CH4/c1-3-24-17(22)14-10-21(20-16(14)23-2)9-11-4-5-15-12(6-11)7-13(18)8-19-15;1-22-14-12(15(20)21)8-19(18-14)7-9-2-3-13-10(4-9)5-11(16)6-17-13;/h4-8,10H,3,9H2,1-2H3;2-6,8H,7H2,1H3,(H,20,21);1H4. The molecule has 0 fully saturated rings. The van der Waals surface area contributed by atoms with Gasteiger partial charge < -0.3 is 19.3 Å². The minimum Gasteiger partial charge on any atom is -0.479 e. The van der Waals surface area contributed by atoms with Crippen molar-refractivity contribution < 1.29 is 28.9 Å². The monoisotopic (exact) mass is 678 g/mol. The van der Waals surface area contributed by atoms with Crippen molar-refractivity contribution in [1.29, 1.82) is 0 Å². The second kappa shape index (κ2) is 15.4. The molecule has 0 amide bonds. The van der Waals surface area contributed by atoms with Crippen molar-refractivity contribution in [2.45, 2.75) is 27.4 Å². The molecule has 244 valence electrons. The van der Waals surface area contributed by atoms with Crippen LogP contribution in [0.5, 0.6) is 11.8 Å². The molecule has 0 unspecified atom stereocenters. The van der Waals surface area contributed by atoms with Gasteiger partial charge in [-0.1, -0.05) is 42.8 Å². The Bertz CT molecular complexity index is 2040. The van der Waals surface area contributed by atoms with Gasteiger partial charge in [0.25, 0.3) is 0 Å². The van der Waals surface area contributed by atoms with E-state index in [0.717, 1.165) is 32.9 Å². The summed E-state index contributed by atoms with van der Waals surface area (Å²) >= 11 is 11.9. The van der Waals surface area contributed by atoms with Crippen molar-refractivity contribution in [3.8, 4) is 11.8 Å². The topological polar surface area (TPSA) is 143 Å². The van der Waals surface area contributed by atoms with Crippen molar-refractivity contribution in [3.63, 3.8) is 0 Å². The van der Waals surface area contributed by atoms with Gasteiger partial charge in [0.1, 0.15) is 11.1 Å². The number of carboxylic acid groups (broad SMARTS) is 1. The molecule has 6 aromatic rings. The summed E-state index contributed by atoms with van der Waals surface area (Å²) in [5.41, 5.74) is 4.02. The molecule has 12 nitrogen and oxygen atoms in total. The molecule has 0 radical (unpaired) electrons. The number of hydrogen-bond acceptors (Lipinski definition) is 9. The lowest BCUT2D eigenvalue weighted by atomic mass is 10.1. The number of carbonyl (C=O) groups is 2. The minimum absolute atomic E-state index is 0. The lowest BCUT2D eigenvalue weighted by Crippen LogP contribution is -2.05. The zero-order chi connectivity index (χ0) is 32.8. The second-order valence-corrected chi connectivity index (χ2v) is 10.8. The van der Waals surface area contributed by atoms with Crippen molar-refractivity contribution in [3.05, 3.63) is 106 Å². The number of rotatable bonds is 9. The first-order valence-electron chi connectivity index (χ1n) is 13.9. The Hall–Kier alpha value is -5.20. The molecule has 14 heteroatoms. The third-order valence-corrected chi connectivity index (χ3v) is 7.10. The van der Waals surface area contributed by atoms with E-state index in [1.54, 1.807) is 30.2 Å². The van der Waals surface area contributed by atoms with Crippen molar-refractivity contribution in [1.82, 2.24) is 29.5 Å². The van der Waals surface area contributed by atoms with E-state index in [1.807, 2.05) is 48.5 Å². The summed E-state index contributed by atoms with van der Waals surface area (Å²) in [6.45, 7) is 2.96. The first kappa shape index (κ1) is 34.7. The van der Waals surface area contributed by atoms with Crippen LogP contribution in [-0.4, -0.2) is 67.4 Å². The Morgan fingerprint density at radius 2 is 1.23 bits per heavy atom. The highest BCUT2D eigenvalue weighted by Gasteiger charge is 2.19. The molecule has 47 heavy (non-hydrogen) atoms. The number of pyridine rings is 2. The third kappa shape index (κ3) is 8.34. The summed E-state index contributed by atoms with van der Waals surface area (Å²) in [7, 11) is 2.86. The van der Waals surface area contributed by atoms with Crippen LogP contribution >= 0.6 is 23.2 Å². The van der Waals surface area contributed by atoms with Gasteiger partial charge in [0.15, 0.2) is 0 Å². The van der Waals surface area contributed by atoms with Crippen LogP contribution in [0.1, 0.15) is 46.2 Å². The van der Waals surface area contributed by atoms with E-state index in [9.17, 15) is 9.59 Å². The van der Waals surface area contributed by atoms with Crippen LogP contribution in [-0.2, 0) is 17.8 Å². The molecule has 0 atom stereocenters. The number of aromatic carboxylic acids is 1. The maximum absolute atomic E-state index is 11.9. The van der Waals surface area contributed by atoms with E-state index < -0.39 is 11.9 Å². The van der Waals surface area contributed by atoms with Gasteiger partial charge in [-0.15, -0.1) is 10.2 Å². The molecule has 0 aliphatic heterocycles.